The van der Waals surface area contributed by atoms with Crippen LogP contribution in [0.4, 0.5) is 0 Å². The zero-order valence-electron chi connectivity index (χ0n) is 9.36. The lowest BCUT2D eigenvalue weighted by molar-refractivity contribution is -0.124. The molecule has 2 aliphatic heterocycles. The van der Waals surface area contributed by atoms with E-state index >= 15 is 0 Å². The third-order valence-electron chi connectivity index (χ3n) is 2.93. The van der Waals surface area contributed by atoms with Gasteiger partial charge in [0.2, 0.25) is 5.91 Å². The van der Waals surface area contributed by atoms with Crippen LogP contribution in [0, 0.1) is 0 Å². The molecule has 5 nitrogen and oxygen atoms in total. The zero-order chi connectivity index (χ0) is 11.7. The third kappa shape index (κ3) is 1.93. The summed E-state index contributed by atoms with van der Waals surface area (Å²) in [4.78, 5) is 11.7. The number of hydrogen-bond donors (Lipinski definition) is 2. The van der Waals surface area contributed by atoms with Crippen molar-refractivity contribution in [3.05, 3.63) is 23.8 Å². The number of amides is 1. The van der Waals surface area contributed by atoms with Crippen molar-refractivity contribution < 1.29 is 14.3 Å². The molecule has 2 heterocycles. The van der Waals surface area contributed by atoms with Gasteiger partial charge in [-0.1, -0.05) is 6.07 Å². The van der Waals surface area contributed by atoms with E-state index in [1.807, 2.05) is 18.2 Å². The molecule has 0 radical (unpaired) electrons. The summed E-state index contributed by atoms with van der Waals surface area (Å²) in [5.41, 5.74) is 0.909. The van der Waals surface area contributed by atoms with Gasteiger partial charge in [-0.2, -0.15) is 0 Å². The van der Waals surface area contributed by atoms with Crippen LogP contribution in [0.2, 0.25) is 0 Å². The monoisotopic (exact) mass is 234 g/mol. The van der Waals surface area contributed by atoms with Crippen LogP contribution in [0.25, 0.3) is 0 Å². The van der Waals surface area contributed by atoms with Crippen LogP contribution >= 0.6 is 0 Å². The minimum atomic E-state index is -0.292. The van der Waals surface area contributed by atoms with Gasteiger partial charge in [0.1, 0.15) is 19.3 Å². The Kier molecular flexibility index (Phi) is 2.60. The average Bonchev–Trinajstić information content (AvgIpc) is 2.39. The molecule has 0 spiro atoms. The first-order valence-corrected chi connectivity index (χ1v) is 5.75. The minimum absolute atomic E-state index is 0.00734. The maximum Gasteiger partial charge on any atom is 0.241 e. The first-order chi connectivity index (χ1) is 8.34. The van der Waals surface area contributed by atoms with Gasteiger partial charge in [0.05, 0.1) is 0 Å². The molecule has 0 aromatic heterocycles. The van der Waals surface area contributed by atoms with Crippen LogP contribution in [-0.2, 0) is 4.79 Å². The van der Waals surface area contributed by atoms with Gasteiger partial charge < -0.3 is 20.1 Å². The van der Waals surface area contributed by atoms with Crippen molar-refractivity contribution in [3.63, 3.8) is 0 Å². The number of piperazine rings is 1. The highest BCUT2D eigenvalue weighted by atomic mass is 16.6. The van der Waals surface area contributed by atoms with Gasteiger partial charge in [-0.05, 0) is 17.7 Å². The molecule has 0 aliphatic carbocycles. The van der Waals surface area contributed by atoms with E-state index in [-0.39, 0.29) is 11.9 Å². The summed E-state index contributed by atoms with van der Waals surface area (Å²) in [6.45, 7) is 2.60. The van der Waals surface area contributed by atoms with Gasteiger partial charge >= 0.3 is 0 Å². The molecule has 1 saturated heterocycles. The molecule has 3 rings (SSSR count). The molecule has 1 amide bonds. The van der Waals surface area contributed by atoms with Crippen LogP contribution in [-0.4, -0.2) is 32.2 Å². The van der Waals surface area contributed by atoms with E-state index in [1.54, 1.807) is 0 Å². The van der Waals surface area contributed by atoms with Gasteiger partial charge in [-0.15, -0.1) is 0 Å². The fraction of sp³-hybridized carbons (Fsp3) is 0.417. The van der Waals surface area contributed by atoms with E-state index in [4.69, 9.17) is 9.47 Å². The van der Waals surface area contributed by atoms with E-state index in [0.29, 0.717) is 25.5 Å². The highest BCUT2D eigenvalue weighted by Crippen LogP contribution is 2.32. The molecule has 1 aromatic rings. The number of nitrogens with one attached hydrogen (secondary N) is 2. The maximum absolute atomic E-state index is 11.7. The number of rotatable bonds is 1. The number of carbonyl (C=O) groups excluding carboxylic acids is 1. The maximum atomic E-state index is 11.7. The molecule has 1 fully saturated rings. The summed E-state index contributed by atoms with van der Waals surface area (Å²) in [5.74, 6) is 1.47. The standard InChI is InChI=1S/C12H14N2O3/c15-12-11(13-3-4-14-12)8-1-2-9-10(7-8)17-6-5-16-9/h1-2,7,11,13H,3-6H2,(H,14,15). The summed E-state index contributed by atoms with van der Waals surface area (Å²) >= 11 is 0. The lowest BCUT2D eigenvalue weighted by atomic mass is 10.0. The predicted octanol–water partition coefficient (Wildman–Crippen LogP) is 0.218. The Balaban J connectivity index is 1.89. The van der Waals surface area contributed by atoms with E-state index in [0.717, 1.165) is 17.9 Å². The quantitative estimate of drug-likeness (QED) is 0.729. The van der Waals surface area contributed by atoms with Crippen LogP contribution in [0.15, 0.2) is 18.2 Å². The lowest BCUT2D eigenvalue weighted by Gasteiger charge is -2.25. The molecule has 2 N–H and O–H groups in total. The van der Waals surface area contributed by atoms with Gasteiger partial charge in [0, 0.05) is 13.1 Å². The Morgan fingerprint density at radius 3 is 2.76 bits per heavy atom. The molecular formula is C12H14N2O3. The van der Waals surface area contributed by atoms with Crippen molar-refractivity contribution in [2.24, 2.45) is 0 Å². The molecule has 1 aromatic carbocycles. The summed E-state index contributed by atoms with van der Waals surface area (Å²) < 4.78 is 11.0. The molecular weight excluding hydrogens is 220 g/mol. The van der Waals surface area contributed by atoms with Crippen molar-refractivity contribution in [2.75, 3.05) is 26.3 Å². The van der Waals surface area contributed by atoms with Crippen molar-refractivity contribution in [1.29, 1.82) is 0 Å². The van der Waals surface area contributed by atoms with Gasteiger partial charge in [-0.25, -0.2) is 0 Å². The van der Waals surface area contributed by atoms with Gasteiger partial charge in [-0.3, -0.25) is 4.79 Å². The molecule has 0 saturated carbocycles. The van der Waals surface area contributed by atoms with Crippen LogP contribution in [0.5, 0.6) is 11.5 Å². The second-order valence-corrected chi connectivity index (χ2v) is 4.08. The van der Waals surface area contributed by atoms with Crippen molar-refractivity contribution in [3.8, 4) is 11.5 Å². The fourth-order valence-corrected chi connectivity index (χ4v) is 2.11. The minimum Gasteiger partial charge on any atom is -0.486 e. The molecule has 1 atom stereocenters. The smallest absolute Gasteiger partial charge is 0.241 e. The van der Waals surface area contributed by atoms with Crippen LogP contribution in [0.3, 0.4) is 0 Å². The van der Waals surface area contributed by atoms with E-state index in [9.17, 15) is 4.79 Å². The largest absolute Gasteiger partial charge is 0.486 e. The van der Waals surface area contributed by atoms with E-state index < -0.39 is 0 Å². The first kappa shape index (κ1) is 10.4. The second kappa shape index (κ2) is 4.25. The molecule has 0 bridgehead atoms. The molecule has 5 heteroatoms. The van der Waals surface area contributed by atoms with Crippen LogP contribution in [0.1, 0.15) is 11.6 Å². The fourth-order valence-electron chi connectivity index (χ4n) is 2.11. The Labute approximate surface area is 99.1 Å². The first-order valence-electron chi connectivity index (χ1n) is 5.75. The summed E-state index contributed by atoms with van der Waals surface area (Å²) in [7, 11) is 0. The van der Waals surface area contributed by atoms with E-state index in [1.165, 1.54) is 0 Å². The van der Waals surface area contributed by atoms with E-state index in [2.05, 4.69) is 10.6 Å². The highest BCUT2D eigenvalue weighted by Gasteiger charge is 2.24. The highest BCUT2D eigenvalue weighted by molar-refractivity contribution is 5.84. The SMILES string of the molecule is O=C1NCCNC1c1ccc2c(c1)OCCO2. The van der Waals surface area contributed by atoms with Crippen molar-refractivity contribution >= 4 is 5.91 Å². The summed E-state index contributed by atoms with van der Waals surface area (Å²) in [5, 5.41) is 6.02. The summed E-state index contributed by atoms with van der Waals surface area (Å²) in [6.07, 6.45) is 0. The van der Waals surface area contributed by atoms with Crippen LogP contribution < -0.4 is 20.1 Å². The molecule has 2 aliphatic rings. The Morgan fingerprint density at radius 1 is 1.12 bits per heavy atom. The topological polar surface area (TPSA) is 59.6 Å². The Hall–Kier alpha value is -1.75. The van der Waals surface area contributed by atoms with Gasteiger partial charge in [0.15, 0.2) is 11.5 Å². The number of fused-ring (bicyclic) bond motifs is 1. The zero-order valence-corrected chi connectivity index (χ0v) is 9.36. The number of benzene rings is 1. The summed E-state index contributed by atoms with van der Waals surface area (Å²) in [6, 6.07) is 5.33. The number of carbonyl (C=O) groups is 1. The Bertz CT molecular complexity index is 447. The second-order valence-electron chi connectivity index (χ2n) is 4.08. The normalized spacial score (nSPS) is 23.1. The number of ether oxygens (including phenoxy) is 2. The third-order valence-corrected chi connectivity index (χ3v) is 2.93. The number of hydrogen-bond acceptors (Lipinski definition) is 4. The average molecular weight is 234 g/mol. The molecule has 90 valence electrons. The van der Waals surface area contributed by atoms with Gasteiger partial charge in [0.25, 0.3) is 0 Å². The molecule has 17 heavy (non-hydrogen) atoms. The molecule has 1 unspecified atom stereocenters. The predicted molar refractivity (Wildman–Crippen MR) is 61.2 cm³/mol. The lowest BCUT2D eigenvalue weighted by Crippen LogP contribution is -2.47. The Morgan fingerprint density at radius 2 is 1.94 bits per heavy atom. The van der Waals surface area contributed by atoms with Crippen molar-refractivity contribution in [1.82, 2.24) is 10.6 Å². The van der Waals surface area contributed by atoms with Crippen molar-refractivity contribution in [2.45, 2.75) is 6.04 Å².